The fourth-order valence-corrected chi connectivity index (χ4v) is 4.77. The predicted molar refractivity (Wildman–Crippen MR) is 122 cm³/mol. The molecule has 0 amide bonds. The van der Waals surface area contributed by atoms with Gasteiger partial charge in [-0.3, -0.25) is 9.69 Å². The van der Waals surface area contributed by atoms with Crippen LogP contribution in [0.4, 0.5) is 0 Å². The van der Waals surface area contributed by atoms with Crippen molar-refractivity contribution in [2.45, 2.75) is 45.9 Å². The highest BCUT2D eigenvalue weighted by atomic mass is 16.5. The zero-order valence-electron chi connectivity index (χ0n) is 18.8. The van der Waals surface area contributed by atoms with Crippen LogP contribution in [0.1, 0.15) is 42.4 Å². The summed E-state index contributed by atoms with van der Waals surface area (Å²) in [6.45, 7) is 8.57. The van der Waals surface area contributed by atoms with Gasteiger partial charge in [-0.15, -0.1) is 0 Å². The van der Waals surface area contributed by atoms with Crippen molar-refractivity contribution in [1.29, 1.82) is 0 Å². The number of nitrogens with zero attached hydrogens (tertiary/aromatic N) is 2. The van der Waals surface area contributed by atoms with Crippen LogP contribution in [-0.4, -0.2) is 55.9 Å². The molecule has 0 spiro atoms. The molecule has 1 aliphatic heterocycles. The molecule has 3 N–H and O–H groups in total. The van der Waals surface area contributed by atoms with Gasteiger partial charge < -0.3 is 24.5 Å². The summed E-state index contributed by atoms with van der Waals surface area (Å²) in [5, 5.41) is 20.7. The van der Waals surface area contributed by atoms with Crippen LogP contribution in [0, 0.1) is 0 Å². The summed E-state index contributed by atoms with van der Waals surface area (Å²) in [5.41, 5.74) is 2.38. The third-order valence-corrected chi connectivity index (χ3v) is 6.17. The number of aromatic hydroxyl groups is 1. The van der Waals surface area contributed by atoms with E-state index in [1.165, 1.54) is 5.69 Å². The Morgan fingerprint density at radius 3 is 2.53 bits per heavy atom. The van der Waals surface area contributed by atoms with Crippen LogP contribution in [0.3, 0.4) is 0 Å². The van der Waals surface area contributed by atoms with Gasteiger partial charge in [0.2, 0.25) is 0 Å². The second-order valence-electron chi connectivity index (χ2n) is 8.61. The first-order valence-corrected chi connectivity index (χ1v) is 10.9. The van der Waals surface area contributed by atoms with Gasteiger partial charge in [0.05, 0.1) is 17.9 Å². The van der Waals surface area contributed by atoms with E-state index in [0.29, 0.717) is 17.7 Å². The lowest BCUT2D eigenvalue weighted by Crippen LogP contribution is -2.45. The molecule has 4 rings (SSSR count). The first kappa shape index (κ1) is 22.1. The minimum absolute atomic E-state index is 0.200. The highest BCUT2D eigenvalue weighted by molar-refractivity contribution is 5.92. The molecule has 3 aromatic rings. The fraction of sp³-hybridized carbons (Fsp3) is 0.417. The van der Waals surface area contributed by atoms with Crippen molar-refractivity contribution >= 4 is 16.9 Å². The number of H-pyrrole nitrogens is 1. The largest absolute Gasteiger partial charge is 0.506 e. The Bertz CT molecular complexity index is 1230. The number of morpholine rings is 1. The first-order valence-electron chi connectivity index (χ1n) is 10.9. The lowest BCUT2D eigenvalue weighted by atomic mass is 9.99. The number of nitrogens with one attached hydrogen (secondary N) is 1. The zero-order chi connectivity index (χ0) is 23.2. The Kier molecular flexibility index (Phi) is 5.83. The third-order valence-electron chi connectivity index (χ3n) is 6.17. The Labute approximate surface area is 186 Å². The van der Waals surface area contributed by atoms with Gasteiger partial charge >= 0.3 is 5.97 Å². The number of carboxylic acid groups (broad SMARTS) is 1. The quantitative estimate of drug-likeness (QED) is 0.564. The molecule has 2 aromatic heterocycles. The summed E-state index contributed by atoms with van der Waals surface area (Å²) in [4.78, 5) is 28.8. The molecule has 0 radical (unpaired) electrons. The molecule has 1 fully saturated rings. The average molecular weight is 440 g/mol. The van der Waals surface area contributed by atoms with Gasteiger partial charge in [-0.25, -0.2) is 4.79 Å². The smallest absolute Gasteiger partial charge is 0.345 e. The van der Waals surface area contributed by atoms with Gasteiger partial charge in [0, 0.05) is 48.8 Å². The summed E-state index contributed by atoms with van der Waals surface area (Å²) in [6, 6.07) is 7.97. The number of carboxylic acids is 1. The minimum atomic E-state index is -1.44. The van der Waals surface area contributed by atoms with Crippen LogP contribution in [0.2, 0.25) is 0 Å². The number of rotatable bonds is 5. The van der Waals surface area contributed by atoms with Crippen molar-refractivity contribution < 1.29 is 19.7 Å². The number of pyridine rings is 1. The van der Waals surface area contributed by atoms with Crippen molar-refractivity contribution in [2.24, 2.45) is 7.05 Å². The molecule has 1 aromatic carbocycles. The second-order valence-corrected chi connectivity index (χ2v) is 8.61. The number of aryl methyl sites for hydroxylation is 1. The molecule has 8 nitrogen and oxygen atoms in total. The topological polar surface area (TPSA) is 108 Å². The standard InChI is InChI=1S/C24H29N3O5/c1-5-18-21(25-23(29)20(22(18)28)24(30)31)15-6-7-19-16(8-15)9-17(26(19)4)12-27-10-13(2)32-14(3)11-27/h6-9,13-14H,5,10-12H2,1-4H3,(H,30,31)(H2,25,28,29)/t13-,14+. The molecule has 170 valence electrons. The maximum Gasteiger partial charge on any atom is 0.345 e. The van der Waals surface area contributed by atoms with E-state index < -0.39 is 22.8 Å². The highest BCUT2D eigenvalue weighted by Gasteiger charge is 2.24. The molecule has 0 unspecified atom stereocenters. The van der Waals surface area contributed by atoms with E-state index in [1.54, 1.807) is 0 Å². The van der Waals surface area contributed by atoms with E-state index in [1.807, 2.05) is 32.2 Å². The molecular weight excluding hydrogens is 410 g/mol. The number of carbonyl (C=O) groups is 1. The van der Waals surface area contributed by atoms with Crippen LogP contribution in [0.5, 0.6) is 5.75 Å². The van der Waals surface area contributed by atoms with E-state index in [9.17, 15) is 19.8 Å². The zero-order valence-corrected chi connectivity index (χ0v) is 18.8. The molecule has 32 heavy (non-hydrogen) atoms. The van der Waals surface area contributed by atoms with Crippen LogP contribution in [0.15, 0.2) is 29.1 Å². The van der Waals surface area contributed by atoms with E-state index in [2.05, 4.69) is 34.4 Å². The van der Waals surface area contributed by atoms with Crippen LogP contribution in [-0.2, 0) is 24.8 Å². The normalized spacial score (nSPS) is 19.5. The Morgan fingerprint density at radius 2 is 1.91 bits per heavy atom. The number of aromatic nitrogens is 2. The number of hydrogen-bond donors (Lipinski definition) is 3. The van der Waals surface area contributed by atoms with E-state index in [4.69, 9.17) is 4.74 Å². The lowest BCUT2D eigenvalue weighted by molar-refractivity contribution is -0.0709. The molecule has 1 aliphatic rings. The molecule has 1 saturated heterocycles. The van der Waals surface area contributed by atoms with E-state index in [0.717, 1.165) is 36.1 Å². The number of ether oxygens (including phenoxy) is 1. The SMILES string of the molecule is CCc1c(-c2ccc3c(c2)cc(CN2C[C@@H](C)O[C@@H](C)C2)n3C)[nH]c(=O)c(C(=O)O)c1O. The Hall–Kier alpha value is -3.10. The molecule has 8 heteroatoms. The van der Waals surface area contributed by atoms with Crippen molar-refractivity contribution in [3.63, 3.8) is 0 Å². The first-order chi connectivity index (χ1) is 15.2. The maximum absolute atomic E-state index is 12.3. The summed E-state index contributed by atoms with van der Waals surface area (Å²) in [5.74, 6) is -1.91. The monoisotopic (exact) mass is 439 g/mol. The van der Waals surface area contributed by atoms with Crippen molar-refractivity contribution in [3.8, 4) is 17.0 Å². The molecule has 0 aliphatic carbocycles. The van der Waals surface area contributed by atoms with Crippen LogP contribution < -0.4 is 5.56 Å². The second kappa shape index (κ2) is 8.44. The number of benzene rings is 1. The van der Waals surface area contributed by atoms with E-state index in [-0.39, 0.29) is 12.2 Å². The molecule has 2 atom stereocenters. The molecular formula is C24H29N3O5. The van der Waals surface area contributed by atoms with Crippen molar-refractivity contribution in [2.75, 3.05) is 13.1 Å². The minimum Gasteiger partial charge on any atom is -0.506 e. The van der Waals surface area contributed by atoms with E-state index >= 15 is 0 Å². The number of aromatic carboxylic acids is 1. The summed E-state index contributed by atoms with van der Waals surface area (Å²) >= 11 is 0. The molecule has 0 saturated carbocycles. The molecule has 3 heterocycles. The molecule has 0 bridgehead atoms. The highest BCUT2D eigenvalue weighted by Crippen LogP contribution is 2.32. The van der Waals surface area contributed by atoms with Gasteiger partial charge in [-0.2, -0.15) is 0 Å². The van der Waals surface area contributed by atoms with Gasteiger partial charge in [-0.1, -0.05) is 13.0 Å². The third kappa shape index (κ3) is 3.91. The average Bonchev–Trinajstić information content (AvgIpc) is 3.01. The van der Waals surface area contributed by atoms with Crippen molar-refractivity contribution in [1.82, 2.24) is 14.5 Å². The lowest BCUT2D eigenvalue weighted by Gasteiger charge is -2.35. The summed E-state index contributed by atoms with van der Waals surface area (Å²) < 4.78 is 8.00. The van der Waals surface area contributed by atoms with Gasteiger partial charge in [0.1, 0.15) is 5.75 Å². The Morgan fingerprint density at radius 1 is 1.22 bits per heavy atom. The summed E-state index contributed by atoms with van der Waals surface area (Å²) in [6.07, 6.45) is 0.778. The fourth-order valence-electron chi connectivity index (χ4n) is 4.77. The van der Waals surface area contributed by atoms with Gasteiger partial charge in [0.25, 0.3) is 5.56 Å². The van der Waals surface area contributed by atoms with Crippen LogP contribution >= 0.6 is 0 Å². The summed E-state index contributed by atoms with van der Waals surface area (Å²) in [7, 11) is 2.04. The number of fused-ring (bicyclic) bond motifs is 1. The van der Waals surface area contributed by atoms with Crippen LogP contribution in [0.25, 0.3) is 22.2 Å². The Balaban J connectivity index is 1.74. The number of hydrogen-bond acceptors (Lipinski definition) is 5. The van der Waals surface area contributed by atoms with Gasteiger partial charge in [0.15, 0.2) is 5.56 Å². The maximum atomic E-state index is 12.3. The van der Waals surface area contributed by atoms with Gasteiger partial charge in [-0.05, 0) is 44.0 Å². The predicted octanol–water partition coefficient (Wildman–Crippen LogP) is 3.11. The number of aromatic amines is 1. The van der Waals surface area contributed by atoms with Crippen molar-refractivity contribution in [3.05, 3.63) is 51.4 Å².